The minimum atomic E-state index is -1.50. The van der Waals surface area contributed by atoms with Gasteiger partial charge >= 0.3 is 6.09 Å². The van der Waals surface area contributed by atoms with E-state index in [-0.39, 0.29) is 35.4 Å². The summed E-state index contributed by atoms with van der Waals surface area (Å²) < 4.78 is 10.9. The third-order valence-electron chi connectivity index (χ3n) is 7.52. The topological polar surface area (TPSA) is 156 Å². The molecule has 0 saturated carbocycles. The molecule has 2 atom stereocenters. The maximum absolute atomic E-state index is 13.9. The number of rotatable bonds is 8. The highest BCUT2D eigenvalue weighted by molar-refractivity contribution is 7.09. The number of hydrogen-bond acceptors (Lipinski definition) is 9. The van der Waals surface area contributed by atoms with Gasteiger partial charge in [-0.15, -0.1) is 11.3 Å². The van der Waals surface area contributed by atoms with Crippen LogP contribution in [0.4, 0.5) is 4.79 Å². The third kappa shape index (κ3) is 9.53. The summed E-state index contributed by atoms with van der Waals surface area (Å²) in [6.45, 7) is 13.2. The lowest BCUT2D eigenvalue weighted by atomic mass is 9.92. The summed E-state index contributed by atoms with van der Waals surface area (Å²) in [5.41, 5.74) is 5.05. The van der Waals surface area contributed by atoms with E-state index in [0.29, 0.717) is 12.1 Å². The first-order valence-corrected chi connectivity index (χ1v) is 17.1. The fourth-order valence-corrected chi connectivity index (χ4v) is 6.31. The van der Waals surface area contributed by atoms with Crippen molar-refractivity contribution in [2.45, 2.75) is 84.9 Å². The van der Waals surface area contributed by atoms with Gasteiger partial charge in [-0.1, -0.05) is 44.2 Å². The Bertz CT molecular complexity index is 1750. The molecule has 13 heteroatoms. The van der Waals surface area contributed by atoms with Gasteiger partial charge in [0.25, 0.3) is 17.7 Å². The molecule has 2 unspecified atom stereocenters. The van der Waals surface area contributed by atoms with Crippen molar-refractivity contribution in [1.82, 2.24) is 31.0 Å². The molecule has 0 radical (unpaired) electrons. The highest BCUT2D eigenvalue weighted by atomic mass is 32.1. The fourth-order valence-electron chi connectivity index (χ4n) is 5.37. The van der Waals surface area contributed by atoms with Crippen LogP contribution >= 0.6 is 11.3 Å². The Labute approximate surface area is 290 Å². The van der Waals surface area contributed by atoms with Crippen molar-refractivity contribution in [3.8, 4) is 11.5 Å². The standard InChI is InChI=1S/C34H38N6O6S.C2H6/c1-21-20-47-29(36-21)26-12-9-14-40(26)30(42)25-17-23(16-24(18-25)28-35-13-15-45-28)27(41)38-39-31(43)34(5,19-22-10-7-6-8-11-22)37-32(44)46-33(2,3)4;1-2/h6-8,10-11,13,15-18,20,26H,9,12,14,19H2,1-5H3,(H,37,44)(H,38,41)(H,39,43);1-2H3. The number of nitrogens with one attached hydrogen (secondary N) is 3. The molecular weight excluding hydrogens is 644 g/mol. The van der Waals surface area contributed by atoms with Crippen molar-refractivity contribution in [3.05, 3.63) is 93.8 Å². The molecule has 5 rings (SSSR count). The molecule has 0 aliphatic carbocycles. The van der Waals surface area contributed by atoms with Gasteiger partial charge in [0.2, 0.25) is 5.89 Å². The Morgan fingerprint density at radius 3 is 2.37 bits per heavy atom. The molecule has 12 nitrogen and oxygen atoms in total. The summed E-state index contributed by atoms with van der Waals surface area (Å²) in [7, 11) is 0. The maximum atomic E-state index is 13.9. The van der Waals surface area contributed by atoms with Crippen LogP contribution < -0.4 is 16.2 Å². The molecule has 4 aromatic rings. The zero-order valence-corrected chi connectivity index (χ0v) is 29.8. The van der Waals surface area contributed by atoms with Crippen LogP contribution in [-0.2, 0) is 16.0 Å². The molecule has 1 saturated heterocycles. The van der Waals surface area contributed by atoms with Crippen molar-refractivity contribution in [3.63, 3.8) is 0 Å². The lowest BCUT2D eigenvalue weighted by Crippen LogP contribution is -2.61. The molecule has 0 spiro atoms. The van der Waals surface area contributed by atoms with Gasteiger partial charge in [0.05, 0.1) is 12.2 Å². The zero-order chi connectivity index (χ0) is 35.8. The van der Waals surface area contributed by atoms with Gasteiger partial charge in [-0.25, -0.2) is 14.8 Å². The molecule has 1 aliphatic rings. The van der Waals surface area contributed by atoms with Gasteiger partial charge in [-0.3, -0.25) is 25.2 Å². The fraction of sp³-hybridized carbons (Fsp3) is 0.389. The highest BCUT2D eigenvalue weighted by Crippen LogP contribution is 2.35. The van der Waals surface area contributed by atoms with E-state index in [1.54, 1.807) is 38.7 Å². The number of alkyl carbamates (subject to hydrolysis) is 1. The second-order valence-corrected chi connectivity index (χ2v) is 13.5. The Hall–Kier alpha value is -5.04. The molecule has 1 fully saturated rings. The van der Waals surface area contributed by atoms with Crippen molar-refractivity contribution in [2.24, 2.45) is 0 Å². The van der Waals surface area contributed by atoms with Crippen molar-refractivity contribution in [2.75, 3.05) is 6.54 Å². The average Bonchev–Trinajstić information content (AvgIpc) is 3.86. The lowest BCUT2D eigenvalue weighted by molar-refractivity contribution is -0.127. The SMILES string of the molecule is CC.Cc1csc(C2CCCN2C(=O)c2cc(C(=O)NNC(=O)C(C)(Cc3ccccc3)NC(=O)OC(C)(C)C)cc(-c3ncco3)c2)n1. The number of likely N-dealkylation sites (tertiary alicyclic amines) is 1. The Morgan fingerprint density at radius 1 is 1.02 bits per heavy atom. The van der Waals surface area contributed by atoms with Crippen LogP contribution in [0, 0.1) is 6.92 Å². The van der Waals surface area contributed by atoms with Crippen LogP contribution in [-0.4, -0.2) is 56.4 Å². The number of aryl methyl sites for hydroxylation is 1. The van der Waals surface area contributed by atoms with Crippen molar-refractivity contribution >= 4 is 35.2 Å². The van der Waals surface area contributed by atoms with Gasteiger partial charge in [-0.05, 0) is 71.2 Å². The van der Waals surface area contributed by atoms with E-state index < -0.39 is 29.0 Å². The third-order valence-corrected chi connectivity index (χ3v) is 8.59. The van der Waals surface area contributed by atoms with Gasteiger partial charge in [0.15, 0.2) is 0 Å². The second-order valence-electron chi connectivity index (χ2n) is 12.6. The Balaban J connectivity index is 0.00000265. The van der Waals surface area contributed by atoms with Gasteiger partial charge in [-0.2, -0.15) is 0 Å². The summed E-state index contributed by atoms with van der Waals surface area (Å²) in [4.78, 5) is 64.4. The van der Waals surface area contributed by atoms with Crippen LogP contribution in [0.5, 0.6) is 0 Å². The molecule has 2 aromatic carbocycles. The second kappa shape index (κ2) is 15.9. The van der Waals surface area contributed by atoms with Gasteiger partial charge in [0, 0.05) is 40.7 Å². The number of hydrazine groups is 1. The first kappa shape index (κ1) is 36.8. The van der Waals surface area contributed by atoms with E-state index in [2.05, 4.69) is 26.1 Å². The average molecular weight is 689 g/mol. The Kier molecular flexibility index (Phi) is 11.9. The van der Waals surface area contributed by atoms with Crippen LogP contribution in [0.1, 0.15) is 97.4 Å². The lowest BCUT2D eigenvalue weighted by Gasteiger charge is -2.31. The summed E-state index contributed by atoms with van der Waals surface area (Å²) in [6.07, 6.45) is 3.81. The number of amides is 4. The summed E-state index contributed by atoms with van der Waals surface area (Å²) >= 11 is 1.52. The van der Waals surface area contributed by atoms with Crippen molar-refractivity contribution < 1.29 is 28.3 Å². The van der Waals surface area contributed by atoms with E-state index in [0.717, 1.165) is 29.1 Å². The number of aromatic nitrogens is 2. The molecule has 3 heterocycles. The number of oxazole rings is 1. The van der Waals surface area contributed by atoms with E-state index in [9.17, 15) is 19.2 Å². The zero-order valence-electron chi connectivity index (χ0n) is 29.0. The number of hydrogen-bond donors (Lipinski definition) is 3. The normalized spacial score (nSPS) is 15.3. The Morgan fingerprint density at radius 2 is 1.73 bits per heavy atom. The van der Waals surface area contributed by atoms with E-state index in [1.165, 1.54) is 35.9 Å². The number of carbonyl (C=O) groups excluding carboxylic acids is 4. The first-order valence-electron chi connectivity index (χ1n) is 16.3. The quantitative estimate of drug-likeness (QED) is 0.180. The van der Waals surface area contributed by atoms with Crippen LogP contribution in [0.25, 0.3) is 11.5 Å². The number of ether oxygens (including phenoxy) is 1. The van der Waals surface area contributed by atoms with Crippen LogP contribution in [0.15, 0.2) is 70.8 Å². The largest absolute Gasteiger partial charge is 0.445 e. The van der Waals surface area contributed by atoms with Crippen molar-refractivity contribution in [1.29, 1.82) is 0 Å². The molecule has 0 bridgehead atoms. The van der Waals surface area contributed by atoms with Crippen LogP contribution in [0.3, 0.4) is 0 Å². The van der Waals surface area contributed by atoms with E-state index in [1.807, 2.05) is 56.5 Å². The number of nitrogens with zero attached hydrogens (tertiary/aromatic N) is 3. The molecule has 2 aromatic heterocycles. The monoisotopic (exact) mass is 688 g/mol. The summed E-state index contributed by atoms with van der Waals surface area (Å²) in [6, 6.07) is 13.6. The molecule has 1 aliphatic heterocycles. The van der Waals surface area contributed by atoms with E-state index >= 15 is 0 Å². The summed E-state index contributed by atoms with van der Waals surface area (Å²) in [5.74, 6) is -1.40. The highest BCUT2D eigenvalue weighted by Gasteiger charge is 2.37. The predicted molar refractivity (Wildman–Crippen MR) is 187 cm³/mol. The number of benzene rings is 2. The maximum Gasteiger partial charge on any atom is 0.408 e. The predicted octanol–water partition coefficient (Wildman–Crippen LogP) is 6.40. The van der Waals surface area contributed by atoms with E-state index in [4.69, 9.17) is 9.15 Å². The summed E-state index contributed by atoms with van der Waals surface area (Å²) in [5, 5.41) is 5.50. The van der Waals surface area contributed by atoms with Gasteiger partial charge in [0.1, 0.15) is 22.4 Å². The minimum Gasteiger partial charge on any atom is -0.445 e. The van der Waals surface area contributed by atoms with Crippen LogP contribution in [0.2, 0.25) is 0 Å². The number of thiazole rings is 1. The number of carbonyl (C=O) groups is 4. The molecule has 49 heavy (non-hydrogen) atoms. The van der Waals surface area contributed by atoms with Gasteiger partial charge < -0.3 is 19.4 Å². The minimum absolute atomic E-state index is 0.0926. The smallest absolute Gasteiger partial charge is 0.408 e. The first-order chi connectivity index (χ1) is 23.3. The molecule has 4 amide bonds. The molecular formula is C36H44N6O6S. The molecule has 260 valence electrons. The molecule has 3 N–H and O–H groups in total.